The summed E-state index contributed by atoms with van der Waals surface area (Å²) in [6.45, 7) is 5.24. The zero-order valence-electron chi connectivity index (χ0n) is 15.2. The highest BCUT2D eigenvalue weighted by Gasteiger charge is 2.32. The standard InChI is InChI=1S/C22H28N2O/c1-2-3-4-5-13-25-19-8-9-20-17(14-19)10-12-24-16-18-7-6-11-23-21(18)15-22(20)24/h6-9,11,14,22H,2-5,10,12-13,15-16H2,1H3. The Bertz CT molecular complexity index is 728. The topological polar surface area (TPSA) is 25.4 Å². The first-order valence-corrected chi connectivity index (χ1v) is 9.77. The van der Waals surface area contributed by atoms with E-state index < -0.39 is 0 Å². The van der Waals surface area contributed by atoms with E-state index in [4.69, 9.17) is 4.74 Å². The van der Waals surface area contributed by atoms with Gasteiger partial charge >= 0.3 is 0 Å². The summed E-state index contributed by atoms with van der Waals surface area (Å²) in [6.07, 6.45) is 9.08. The fourth-order valence-corrected chi connectivity index (χ4v) is 4.18. The van der Waals surface area contributed by atoms with E-state index in [-0.39, 0.29) is 0 Å². The predicted octanol–water partition coefficient (Wildman–Crippen LogP) is 4.70. The van der Waals surface area contributed by atoms with Gasteiger partial charge < -0.3 is 4.74 Å². The molecule has 0 bridgehead atoms. The normalized spacial score (nSPS) is 19.0. The quantitative estimate of drug-likeness (QED) is 0.715. The first kappa shape index (κ1) is 16.6. The third-order valence-electron chi connectivity index (χ3n) is 5.59. The second-order valence-electron chi connectivity index (χ2n) is 7.32. The molecule has 0 aliphatic carbocycles. The maximum absolute atomic E-state index is 5.98. The van der Waals surface area contributed by atoms with Gasteiger partial charge in [0.05, 0.1) is 6.61 Å². The molecular weight excluding hydrogens is 308 g/mol. The molecule has 25 heavy (non-hydrogen) atoms. The molecule has 0 N–H and O–H groups in total. The Morgan fingerprint density at radius 1 is 1.16 bits per heavy atom. The predicted molar refractivity (Wildman–Crippen MR) is 101 cm³/mol. The van der Waals surface area contributed by atoms with Crippen LogP contribution < -0.4 is 4.74 Å². The van der Waals surface area contributed by atoms with Gasteiger partial charge in [-0.05, 0) is 47.7 Å². The molecule has 0 spiro atoms. The van der Waals surface area contributed by atoms with Crippen molar-refractivity contribution >= 4 is 0 Å². The van der Waals surface area contributed by atoms with Gasteiger partial charge in [0.1, 0.15) is 5.75 Å². The van der Waals surface area contributed by atoms with Crippen LogP contribution in [-0.2, 0) is 19.4 Å². The van der Waals surface area contributed by atoms with Crippen molar-refractivity contribution in [3.63, 3.8) is 0 Å². The summed E-state index contributed by atoms with van der Waals surface area (Å²) >= 11 is 0. The molecule has 2 aromatic rings. The Balaban J connectivity index is 1.46. The van der Waals surface area contributed by atoms with E-state index in [0.717, 1.165) is 44.7 Å². The molecule has 0 saturated carbocycles. The van der Waals surface area contributed by atoms with E-state index in [1.807, 2.05) is 6.20 Å². The minimum atomic E-state index is 0.477. The van der Waals surface area contributed by atoms with E-state index in [1.165, 1.54) is 41.6 Å². The van der Waals surface area contributed by atoms with Gasteiger partial charge in [-0.1, -0.05) is 38.3 Å². The van der Waals surface area contributed by atoms with Gasteiger partial charge in [0.2, 0.25) is 0 Å². The van der Waals surface area contributed by atoms with Crippen LogP contribution in [-0.4, -0.2) is 23.0 Å². The summed E-state index contributed by atoms with van der Waals surface area (Å²) < 4.78 is 5.98. The van der Waals surface area contributed by atoms with E-state index in [2.05, 4.69) is 47.1 Å². The summed E-state index contributed by atoms with van der Waals surface area (Å²) in [6, 6.07) is 11.5. The number of aromatic nitrogens is 1. The Kier molecular flexibility index (Phi) is 5.02. The maximum atomic E-state index is 5.98. The highest BCUT2D eigenvalue weighted by atomic mass is 16.5. The van der Waals surface area contributed by atoms with Crippen molar-refractivity contribution < 1.29 is 4.74 Å². The number of hydrogen-bond donors (Lipinski definition) is 0. The molecule has 3 heterocycles. The number of unbranched alkanes of at least 4 members (excludes halogenated alkanes) is 3. The van der Waals surface area contributed by atoms with Crippen molar-refractivity contribution in [2.45, 2.75) is 58.0 Å². The molecule has 2 aliphatic rings. The first-order valence-electron chi connectivity index (χ1n) is 9.77. The summed E-state index contributed by atoms with van der Waals surface area (Å²) in [5, 5.41) is 0. The highest BCUT2D eigenvalue weighted by molar-refractivity contribution is 5.41. The third kappa shape index (κ3) is 3.57. The van der Waals surface area contributed by atoms with Crippen LogP contribution in [0, 0.1) is 0 Å². The molecule has 0 saturated heterocycles. The van der Waals surface area contributed by atoms with Crippen molar-refractivity contribution in [3.8, 4) is 5.75 Å². The van der Waals surface area contributed by atoms with Crippen molar-refractivity contribution in [3.05, 3.63) is 58.9 Å². The van der Waals surface area contributed by atoms with Gasteiger partial charge in [0.15, 0.2) is 0 Å². The van der Waals surface area contributed by atoms with Crippen LogP contribution in [0.15, 0.2) is 36.5 Å². The van der Waals surface area contributed by atoms with Crippen molar-refractivity contribution in [1.29, 1.82) is 0 Å². The molecule has 1 aromatic heterocycles. The Morgan fingerprint density at radius 2 is 2.12 bits per heavy atom. The van der Waals surface area contributed by atoms with Gasteiger partial charge in [-0.2, -0.15) is 0 Å². The number of pyridine rings is 1. The number of fused-ring (bicyclic) bond motifs is 4. The smallest absolute Gasteiger partial charge is 0.119 e. The zero-order chi connectivity index (χ0) is 17.1. The molecule has 1 unspecified atom stereocenters. The lowest BCUT2D eigenvalue weighted by Gasteiger charge is -2.41. The zero-order valence-corrected chi connectivity index (χ0v) is 15.2. The van der Waals surface area contributed by atoms with Gasteiger partial charge in [-0.3, -0.25) is 9.88 Å². The number of rotatable bonds is 6. The number of benzene rings is 1. The average molecular weight is 336 g/mol. The van der Waals surface area contributed by atoms with Gasteiger partial charge in [-0.25, -0.2) is 0 Å². The molecule has 0 radical (unpaired) electrons. The monoisotopic (exact) mass is 336 g/mol. The molecule has 3 heteroatoms. The van der Waals surface area contributed by atoms with Crippen LogP contribution in [0.25, 0.3) is 0 Å². The van der Waals surface area contributed by atoms with Gasteiger partial charge in [0.25, 0.3) is 0 Å². The fraction of sp³-hybridized carbons (Fsp3) is 0.500. The summed E-state index contributed by atoms with van der Waals surface area (Å²) in [5.41, 5.74) is 5.61. The van der Waals surface area contributed by atoms with E-state index in [1.54, 1.807) is 0 Å². The van der Waals surface area contributed by atoms with Crippen LogP contribution in [0.1, 0.15) is 61.0 Å². The summed E-state index contributed by atoms with van der Waals surface area (Å²) in [5.74, 6) is 1.04. The van der Waals surface area contributed by atoms with Crippen LogP contribution in [0.5, 0.6) is 5.75 Å². The molecule has 0 fully saturated rings. The Morgan fingerprint density at radius 3 is 3.04 bits per heavy atom. The van der Waals surface area contributed by atoms with Crippen LogP contribution in [0.3, 0.4) is 0 Å². The number of nitrogens with zero attached hydrogens (tertiary/aromatic N) is 2. The molecular formula is C22H28N2O. The highest BCUT2D eigenvalue weighted by Crippen LogP contribution is 2.38. The molecule has 4 rings (SSSR count). The van der Waals surface area contributed by atoms with E-state index in [0.29, 0.717) is 6.04 Å². The Labute approximate surface area is 151 Å². The molecule has 0 amide bonds. The molecule has 2 aliphatic heterocycles. The minimum absolute atomic E-state index is 0.477. The molecule has 1 atom stereocenters. The Hall–Kier alpha value is -1.87. The minimum Gasteiger partial charge on any atom is -0.494 e. The van der Waals surface area contributed by atoms with E-state index >= 15 is 0 Å². The van der Waals surface area contributed by atoms with Crippen molar-refractivity contribution in [2.24, 2.45) is 0 Å². The lowest BCUT2D eigenvalue weighted by molar-refractivity contribution is 0.159. The van der Waals surface area contributed by atoms with E-state index in [9.17, 15) is 0 Å². The van der Waals surface area contributed by atoms with Gasteiger partial charge in [0, 0.05) is 37.4 Å². The summed E-state index contributed by atoms with van der Waals surface area (Å²) in [7, 11) is 0. The summed E-state index contributed by atoms with van der Waals surface area (Å²) in [4.78, 5) is 7.22. The lowest BCUT2D eigenvalue weighted by atomic mass is 9.86. The fourth-order valence-electron chi connectivity index (χ4n) is 4.18. The number of hydrogen-bond acceptors (Lipinski definition) is 3. The third-order valence-corrected chi connectivity index (χ3v) is 5.59. The largest absolute Gasteiger partial charge is 0.494 e. The average Bonchev–Trinajstić information content (AvgIpc) is 2.66. The molecule has 1 aromatic carbocycles. The second kappa shape index (κ2) is 7.57. The van der Waals surface area contributed by atoms with Crippen LogP contribution in [0.4, 0.5) is 0 Å². The van der Waals surface area contributed by atoms with Crippen LogP contribution >= 0.6 is 0 Å². The number of ether oxygens (including phenoxy) is 1. The lowest BCUT2D eigenvalue weighted by Crippen LogP contribution is -2.39. The van der Waals surface area contributed by atoms with Crippen molar-refractivity contribution in [1.82, 2.24) is 9.88 Å². The van der Waals surface area contributed by atoms with Gasteiger partial charge in [-0.15, -0.1) is 0 Å². The first-order chi connectivity index (χ1) is 12.3. The molecule has 3 nitrogen and oxygen atoms in total. The second-order valence-corrected chi connectivity index (χ2v) is 7.32. The van der Waals surface area contributed by atoms with Crippen molar-refractivity contribution in [2.75, 3.05) is 13.2 Å². The SMILES string of the molecule is CCCCCCOc1ccc2c(c1)CCN1Cc3cccnc3CC21. The van der Waals surface area contributed by atoms with Crippen LogP contribution in [0.2, 0.25) is 0 Å². The maximum Gasteiger partial charge on any atom is 0.119 e. The molecule has 132 valence electrons.